The van der Waals surface area contributed by atoms with E-state index in [1.165, 1.54) is 0 Å². The van der Waals surface area contributed by atoms with E-state index in [2.05, 4.69) is 81.4 Å². The van der Waals surface area contributed by atoms with Crippen LogP contribution in [0.3, 0.4) is 0 Å². The van der Waals surface area contributed by atoms with E-state index in [9.17, 15) is 18.2 Å². The van der Waals surface area contributed by atoms with Gasteiger partial charge in [0.2, 0.25) is 35.7 Å². The third-order valence-electron chi connectivity index (χ3n) is 6.87. The fourth-order valence-electron chi connectivity index (χ4n) is 4.47. The number of hydrogen-bond acceptors (Lipinski definition) is 27. The first-order valence-electron chi connectivity index (χ1n) is 17.6. The molecule has 0 bridgehead atoms. The van der Waals surface area contributed by atoms with Gasteiger partial charge < -0.3 is 70.9 Å². The van der Waals surface area contributed by atoms with Gasteiger partial charge >= 0.3 is 103 Å². The van der Waals surface area contributed by atoms with Gasteiger partial charge in [-0.15, -0.1) is 10.2 Å². The van der Waals surface area contributed by atoms with Crippen molar-refractivity contribution in [1.82, 2.24) is 40.1 Å². The Bertz CT molecular complexity index is 1920. The average Bonchev–Trinajstić information content (AvgIpc) is 3.20. The van der Waals surface area contributed by atoms with Crippen LogP contribution in [0, 0.1) is 0 Å². The number of anilines is 8. The first kappa shape index (κ1) is 54.7. The Kier molecular flexibility index (Phi) is 29.4. The molecule has 320 valence electrons. The number of nitrogens with one attached hydrogen (secondary N) is 6. The van der Waals surface area contributed by atoms with Gasteiger partial charge in [-0.25, -0.2) is 8.42 Å². The molecule has 8 N–H and O–H groups in total. The summed E-state index contributed by atoms with van der Waals surface area (Å²) < 4.78 is 59.2. The van der Waals surface area contributed by atoms with E-state index in [1.54, 1.807) is 24.3 Å². The minimum atomic E-state index is -4.50. The summed E-state index contributed by atoms with van der Waals surface area (Å²) in [6, 6.07) is 7.16. The summed E-state index contributed by atoms with van der Waals surface area (Å²) in [6.45, 7) is 2.81. The number of ether oxygens (including phenoxy) is 4. The van der Waals surface area contributed by atoms with Crippen molar-refractivity contribution in [1.29, 1.82) is 0 Å². The molecule has 0 radical (unpaired) electrons. The summed E-state index contributed by atoms with van der Waals surface area (Å²) in [4.78, 5) is 26.3. The van der Waals surface area contributed by atoms with Crippen molar-refractivity contribution in [2.45, 2.75) is 0 Å². The van der Waals surface area contributed by atoms with Crippen LogP contribution in [0.5, 0.6) is 0 Å². The van der Waals surface area contributed by atoms with Crippen LogP contribution in [-0.2, 0) is 38.4 Å². The van der Waals surface area contributed by atoms with E-state index in [0.717, 1.165) is 12.0 Å². The average molecular weight is 935 g/mol. The molecular weight excluding hydrogens is 891 g/mol. The van der Waals surface area contributed by atoms with Gasteiger partial charge in [0.25, 0.3) is 0 Å². The number of rotatable bonds is 32. The van der Waals surface area contributed by atoms with Crippen molar-refractivity contribution in [3.05, 3.63) is 24.3 Å². The number of benzene rings is 1. The van der Waals surface area contributed by atoms with Crippen LogP contribution >= 0.6 is 12.0 Å². The molecule has 0 amide bonds. The standard InChI is InChI=1S/C30H46N14O12S2.2K/c45-9-13-53-17-15-51-11-5-31-25-37-27(33-7-19-57-56-55-47)41-29(39-25)35-23-21-3-1-2-4-22(21)24(44-43-23)36-30-40-26(32-6-12-52-16-18-54-14-10-46)38-28(42-30)34-8-20-58(48,49)50;;/h1-4,45-47H,5-20H2,(H,48,49,50)(H3,31,33,35,37,39,41,43)(H3,32,34,36,38,40,42,44);;/q;2*+1/p-2. The maximum Gasteiger partial charge on any atom is 1.00 e. The molecule has 0 atom stereocenters. The molecule has 0 saturated heterocycles. The van der Waals surface area contributed by atoms with Crippen molar-refractivity contribution in [3.63, 3.8) is 0 Å². The number of hydrogen-bond donors (Lipinski definition) is 8. The first-order valence-corrected chi connectivity index (χ1v) is 20.1. The Balaban J connectivity index is 0.00000620. The zero-order valence-corrected chi connectivity index (χ0v) is 40.9. The zero-order chi connectivity index (χ0) is 41.3. The molecule has 30 heteroatoms. The molecule has 0 aliphatic rings. The van der Waals surface area contributed by atoms with Gasteiger partial charge in [0, 0.05) is 54.7 Å². The molecule has 0 unspecified atom stereocenters. The quantitative estimate of drug-likeness (QED) is 0.00563. The van der Waals surface area contributed by atoms with Crippen LogP contribution in [0.15, 0.2) is 24.3 Å². The Morgan fingerprint density at radius 3 is 1.40 bits per heavy atom. The van der Waals surface area contributed by atoms with Crippen molar-refractivity contribution in [3.8, 4) is 0 Å². The summed E-state index contributed by atoms with van der Waals surface area (Å²) >= 11 is 0.794. The second kappa shape index (κ2) is 32.2. The normalized spacial score (nSPS) is 11.1. The third-order valence-corrected chi connectivity index (χ3v) is 8.10. The van der Waals surface area contributed by atoms with Gasteiger partial charge in [-0.2, -0.15) is 34.2 Å². The smallest absolute Gasteiger partial charge is 0.748 e. The van der Waals surface area contributed by atoms with Crippen molar-refractivity contribution < 1.29 is 160 Å². The van der Waals surface area contributed by atoms with E-state index in [4.69, 9.17) is 29.2 Å². The van der Waals surface area contributed by atoms with Crippen molar-refractivity contribution in [2.75, 3.05) is 136 Å². The minimum Gasteiger partial charge on any atom is -0.748 e. The van der Waals surface area contributed by atoms with Gasteiger partial charge in [-0.1, -0.05) is 24.3 Å². The predicted molar refractivity (Wildman–Crippen MR) is 206 cm³/mol. The summed E-state index contributed by atoms with van der Waals surface area (Å²) in [5.74, 6) is 0.763. The molecule has 26 nitrogen and oxygen atoms in total. The number of aromatic nitrogens is 8. The molecule has 4 aromatic rings. The summed E-state index contributed by atoms with van der Waals surface area (Å²) in [5.41, 5.74) is 0. The fourth-order valence-corrected chi connectivity index (χ4v) is 5.11. The number of aliphatic hydroxyl groups is 2. The van der Waals surface area contributed by atoms with Crippen LogP contribution in [0.2, 0.25) is 0 Å². The fraction of sp³-hybridized carbons (Fsp3) is 0.533. The molecule has 3 aromatic heterocycles. The van der Waals surface area contributed by atoms with Crippen LogP contribution < -0.4 is 140 Å². The molecule has 60 heavy (non-hydrogen) atoms. The molecule has 1 aromatic carbocycles. The Labute approximate surface area is 434 Å². The predicted octanol–water partition coefficient (Wildman–Crippen LogP) is -7.39. The van der Waals surface area contributed by atoms with Gasteiger partial charge in [0.1, 0.15) is 0 Å². The van der Waals surface area contributed by atoms with Gasteiger partial charge in [0.05, 0.1) is 81.9 Å². The molecule has 4 rings (SSSR count). The molecule has 0 saturated carbocycles. The van der Waals surface area contributed by atoms with Gasteiger partial charge in [-0.3, -0.25) is 5.04 Å². The third kappa shape index (κ3) is 22.3. The first-order chi connectivity index (χ1) is 28.3. The summed E-state index contributed by atoms with van der Waals surface area (Å²) in [6.07, 6.45) is 0. The van der Waals surface area contributed by atoms with Gasteiger partial charge in [-0.05, 0) is 0 Å². The SMILES string of the molecule is O=S(=O)([O-])CCNc1nc(NCCOCCOCCO)nc(Nc2nnc(Nc3nc(NCCOCCOCCO)nc(NCCSOO[O-])n3)c3ccccc23)n1.[K+].[K+]. The second-order valence-corrected chi connectivity index (χ2v) is 13.4. The molecule has 3 heterocycles. The zero-order valence-electron chi connectivity index (χ0n) is 33.0. The van der Waals surface area contributed by atoms with E-state index < -0.39 is 15.9 Å². The van der Waals surface area contributed by atoms with Crippen LogP contribution in [0.4, 0.5) is 47.3 Å². The molecular formula is C30H44K2N14O12S2. The van der Waals surface area contributed by atoms with Crippen molar-refractivity contribution >= 4 is 80.3 Å². The Morgan fingerprint density at radius 1 is 0.583 bits per heavy atom. The monoisotopic (exact) mass is 934 g/mol. The van der Waals surface area contributed by atoms with Crippen LogP contribution in [0.25, 0.3) is 10.8 Å². The maximum atomic E-state index is 11.2. The van der Waals surface area contributed by atoms with E-state index in [0.29, 0.717) is 62.6 Å². The topological polar surface area (TPSA) is 351 Å². The largest absolute Gasteiger partial charge is 1.00 e. The van der Waals surface area contributed by atoms with E-state index >= 15 is 0 Å². The number of aliphatic hydroxyl groups excluding tert-OH is 2. The van der Waals surface area contributed by atoms with Crippen LogP contribution in [0.1, 0.15) is 0 Å². The van der Waals surface area contributed by atoms with Crippen molar-refractivity contribution in [2.24, 2.45) is 0 Å². The van der Waals surface area contributed by atoms with Crippen LogP contribution in [-0.4, -0.2) is 167 Å². The molecule has 0 fully saturated rings. The van der Waals surface area contributed by atoms with E-state index in [-0.39, 0.29) is 196 Å². The molecule has 0 aliphatic heterocycles. The number of nitrogens with zero attached hydrogens (tertiary/aromatic N) is 8. The maximum absolute atomic E-state index is 11.2. The summed E-state index contributed by atoms with van der Waals surface area (Å²) in [5, 5.41) is 58.9. The molecule has 0 spiro atoms. The minimum absolute atomic E-state index is 0. The van der Waals surface area contributed by atoms with E-state index in [1.807, 2.05) is 0 Å². The Morgan fingerprint density at radius 2 is 0.983 bits per heavy atom. The number of fused-ring (bicyclic) bond motifs is 1. The van der Waals surface area contributed by atoms with Gasteiger partial charge in [0.15, 0.2) is 11.6 Å². The molecule has 0 aliphatic carbocycles. The summed E-state index contributed by atoms with van der Waals surface area (Å²) in [7, 11) is -4.50. The second-order valence-electron chi connectivity index (χ2n) is 11.1. The Hall–Kier alpha value is -1.45.